The predicted molar refractivity (Wildman–Crippen MR) is 77.8 cm³/mol. The second kappa shape index (κ2) is 5.65. The van der Waals surface area contributed by atoms with Crippen LogP contribution in [0.5, 0.6) is 0 Å². The minimum Gasteiger partial charge on any atom is -0.166 e. The van der Waals surface area contributed by atoms with Gasteiger partial charge in [0.2, 0.25) is 0 Å². The van der Waals surface area contributed by atoms with E-state index in [9.17, 15) is 13.2 Å². The summed E-state index contributed by atoms with van der Waals surface area (Å²) in [5, 5.41) is 0. The molecular formula is C18H15F3. The Labute approximate surface area is 122 Å². The molecule has 0 saturated carbocycles. The van der Waals surface area contributed by atoms with Gasteiger partial charge in [0, 0.05) is 0 Å². The van der Waals surface area contributed by atoms with E-state index >= 15 is 0 Å². The Morgan fingerprint density at radius 1 is 0.905 bits per heavy atom. The van der Waals surface area contributed by atoms with E-state index in [0.717, 1.165) is 17.7 Å². The molecular weight excluding hydrogens is 273 g/mol. The Bertz CT molecular complexity index is 633. The zero-order chi connectivity index (χ0) is 15.5. The first-order valence-corrected chi connectivity index (χ1v) is 6.54. The molecule has 21 heavy (non-hydrogen) atoms. The van der Waals surface area contributed by atoms with E-state index in [1.165, 1.54) is 12.1 Å². The summed E-state index contributed by atoms with van der Waals surface area (Å²) in [6.07, 6.45) is 1.89. The summed E-state index contributed by atoms with van der Waals surface area (Å²) in [4.78, 5) is 0. The van der Waals surface area contributed by atoms with Gasteiger partial charge in [-0.05, 0) is 36.6 Å². The largest absolute Gasteiger partial charge is 0.416 e. The lowest BCUT2D eigenvalue weighted by Crippen LogP contribution is -2.23. The Balaban J connectivity index is 2.31. The first kappa shape index (κ1) is 15.2. The maximum Gasteiger partial charge on any atom is 0.416 e. The maximum atomic E-state index is 12.6. The van der Waals surface area contributed by atoms with Crippen LogP contribution in [0.15, 0.2) is 54.6 Å². The number of halogens is 3. The summed E-state index contributed by atoms with van der Waals surface area (Å²) in [6.45, 7) is 1.86. The third-order valence-electron chi connectivity index (χ3n) is 3.57. The van der Waals surface area contributed by atoms with Gasteiger partial charge < -0.3 is 0 Å². The van der Waals surface area contributed by atoms with Crippen molar-refractivity contribution in [3.8, 4) is 12.3 Å². The van der Waals surface area contributed by atoms with Gasteiger partial charge in [-0.15, -0.1) is 6.42 Å². The zero-order valence-electron chi connectivity index (χ0n) is 11.6. The fraction of sp³-hybridized carbons (Fsp3) is 0.222. The number of rotatable bonds is 3. The number of terminal acetylenes is 1. The molecule has 0 aliphatic carbocycles. The fourth-order valence-corrected chi connectivity index (χ4v) is 2.27. The molecule has 0 aromatic heterocycles. The summed E-state index contributed by atoms with van der Waals surface area (Å²) in [7, 11) is 0. The summed E-state index contributed by atoms with van der Waals surface area (Å²) >= 11 is 0. The van der Waals surface area contributed by atoms with Crippen LogP contribution in [0.2, 0.25) is 0 Å². The van der Waals surface area contributed by atoms with Crippen LogP contribution in [-0.4, -0.2) is 0 Å². The molecule has 0 nitrogen and oxygen atoms in total. The van der Waals surface area contributed by atoms with Crippen LogP contribution < -0.4 is 0 Å². The molecule has 0 amide bonds. The van der Waals surface area contributed by atoms with Gasteiger partial charge in [-0.1, -0.05) is 48.4 Å². The molecule has 0 aliphatic heterocycles. The standard InChI is InChI=1S/C18H15F3/c1-3-17(2,13-14-7-5-4-6-8-14)15-9-11-16(12-10-15)18(19,20)21/h1,4-12H,13H2,2H3. The van der Waals surface area contributed by atoms with Crippen molar-refractivity contribution in [2.24, 2.45) is 0 Å². The van der Waals surface area contributed by atoms with Gasteiger partial charge in [0.05, 0.1) is 11.0 Å². The van der Waals surface area contributed by atoms with E-state index in [1.807, 2.05) is 37.3 Å². The lowest BCUT2D eigenvalue weighted by Gasteiger charge is -2.25. The normalized spacial score (nSPS) is 14.2. The second-order valence-corrected chi connectivity index (χ2v) is 5.21. The smallest absolute Gasteiger partial charge is 0.166 e. The highest BCUT2D eigenvalue weighted by atomic mass is 19.4. The maximum absolute atomic E-state index is 12.6. The third kappa shape index (κ3) is 3.46. The molecule has 1 atom stereocenters. The number of alkyl halides is 3. The van der Waals surface area contributed by atoms with Crippen molar-refractivity contribution in [2.45, 2.75) is 24.9 Å². The molecule has 108 valence electrons. The summed E-state index contributed by atoms with van der Waals surface area (Å²) in [6, 6.07) is 14.7. The number of hydrogen-bond donors (Lipinski definition) is 0. The summed E-state index contributed by atoms with van der Waals surface area (Å²) in [5.74, 6) is 2.72. The Morgan fingerprint density at radius 2 is 1.43 bits per heavy atom. The van der Waals surface area contributed by atoms with Crippen LogP contribution in [0.3, 0.4) is 0 Å². The third-order valence-corrected chi connectivity index (χ3v) is 3.57. The van der Waals surface area contributed by atoms with Crippen molar-refractivity contribution < 1.29 is 13.2 Å². The molecule has 0 N–H and O–H groups in total. The molecule has 3 heteroatoms. The average Bonchev–Trinajstić information content (AvgIpc) is 2.47. The quantitative estimate of drug-likeness (QED) is 0.709. The van der Waals surface area contributed by atoms with Crippen molar-refractivity contribution >= 4 is 0 Å². The van der Waals surface area contributed by atoms with Gasteiger partial charge >= 0.3 is 6.18 Å². The van der Waals surface area contributed by atoms with Gasteiger partial charge in [-0.3, -0.25) is 0 Å². The van der Waals surface area contributed by atoms with E-state index in [2.05, 4.69) is 5.92 Å². The molecule has 0 radical (unpaired) electrons. The monoisotopic (exact) mass is 288 g/mol. The Morgan fingerprint density at radius 3 is 1.90 bits per heavy atom. The predicted octanol–water partition coefficient (Wildman–Crippen LogP) is 4.84. The molecule has 0 fully saturated rings. The van der Waals surface area contributed by atoms with Crippen LogP contribution in [0.25, 0.3) is 0 Å². The average molecular weight is 288 g/mol. The first-order valence-electron chi connectivity index (χ1n) is 6.54. The van der Waals surface area contributed by atoms with Crippen LogP contribution in [-0.2, 0) is 18.0 Å². The van der Waals surface area contributed by atoms with Crippen molar-refractivity contribution in [1.82, 2.24) is 0 Å². The number of hydrogen-bond acceptors (Lipinski definition) is 0. The molecule has 0 spiro atoms. The molecule has 0 saturated heterocycles. The minimum absolute atomic E-state index is 0.579. The molecule has 0 heterocycles. The number of benzene rings is 2. The van der Waals surface area contributed by atoms with Gasteiger partial charge in [-0.2, -0.15) is 13.2 Å². The highest BCUT2D eigenvalue weighted by Crippen LogP contribution is 2.32. The molecule has 2 rings (SSSR count). The van der Waals surface area contributed by atoms with Gasteiger partial charge in [0.25, 0.3) is 0 Å². The fourth-order valence-electron chi connectivity index (χ4n) is 2.27. The minimum atomic E-state index is -4.33. The highest BCUT2D eigenvalue weighted by molar-refractivity contribution is 5.38. The molecule has 0 bridgehead atoms. The van der Waals surface area contributed by atoms with E-state index in [1.54, 1.807) is 0 Å². The van der Waals surface area contributed by atoms with Crippen molar-refractivity contribution in [3.05, 3.63) is 71.3 Å². The van der Waals surface area contributed by atoms with Gasteiger partial charge in [0.15, 0.2) is 0 Å². The van der Waals surface area contributed by atoms with Crippen molar-refractivity contribution in [3.63, 3.8) is 0 Å². The summed E-state index contributed by atoms with van der Waals surface area (Å²) in [5.41, 5.74) is 0.468. The van der Waals surface area contributed by atoms with Crippen LogP contribution in [0.4, 0.5) is 13.2 Å². The second-order valence-electron chi connectivity index (χ2n) is 5.21. The first-order chi connectivity index (χ1) is 9.85. The lowest BCUT2D eigenvalue weighted by atomic mass is 9.78. The van der Waals surface area contributed by atoms with E-state index in [4.69, 9.17) is 6.42 Å². The molecule has 1 unspecified atom stereocenters. The SMILES string of the molecule is C#CC(C)(Cc1ccccc1)c1ccc(C(F)(F)F)cc1. The van der Waals surface area contributed by atoms with Crippen molar-refractivity contribution in [1.29, 1.82) is 0 Å². The van der Waals surface area contributed by atoms with Gasteiger partial charge in [-0.25, -0.2) is 0 Å². The molecule has 0 aliphatic rings. The zero-order valence-corrected chi connectivity index (χ0v) is 11.6. The summed E-state index contributed by atoms with van der Waals surface area (Å²) < 4.78 is 37.8. The Kier molecular flexibility index (Phi) is 4.09. The van der Waals surface area contributed by atoms with Crippen molar-refractivity contribution in [2.75, 3.05) is 0 Å². The highest BCUT2D eigenvalue weighted by Gasteiger charge is 2.31. The van der Waals surface area contributed by atoms with Crippen LogP contribution in [0, 0.1) is 12.3 Å². The lowest BCUT2D eigenvalue weighted by molar-refractivity contribution is -0.137. The van der Waals surface area contributed by atoms with Crippen LogP contribution >= 0.6 is 0 Å². The van der Waals surface area contributed by atoms with E-state index < -0.39 is 17.2 Å². The van der Waals surface area contributed by atoms with Gasteiger partial charge in [0.1, 0.15) is 0 Å². The molecule has 2 aromatic carbocycles. The van der Waals surface area contributed by atoms with E-state index in [-0.39, 0.29) is 0 Å². The molecule has 2 aromatic rings. The Hall–Kier alpha value is -2.21. The van der Waals surface area contributed by atoms with E-state index in [0.29, 0.717) is 12.0 Å². The topological polar surface area (TPSA) is 0 Å². The van der Waals surface area contributed by atoms with Crippen LogP contribution in [0.1, 0.15) is 23.6 Å².